The summed E-state index contributed by atoms with van der Waals surface area (Å²) in [5, 5.41) is 0. The summed E-state index contributed by atoms with van der Waals surface area (Å²) in [6.45, 7) is 2.24. The summed E-state index contributed by atoms with van der Waals surface area (Å²) in [5.41, 5.74) is 1.47. The van der Waals surface area contributed by atoms with Crippen LogP contribution in [0.15, 0.2) is 24.3 Å². The maximum Gasteiger partial charge on any atom is 0.120 e. The van der Waals surface area contributed by atoms with E-state index in [1.165, 1.54) is 31.2 Å². The second-order valence-electron chi connectivity index (χ2n) is 4.95. The predicted molar refractivity (Wildman–Crippen MR) is 89.6 cm³/mol. The lowest BCUT2D eigenvalue weighted by atomic mass is 10.1. The van der Waals surface area contributed by atoms with E-state index in [2.05, 4.69) is 76.4 Å². The minimum absolute atomic E-state index is 0.0779. The summed E-state index contributed by atoms with van der Waals surface area (Å²) in [4.78, 5) is 0. The Labute approximate surface area is 131 Å². The van der Waals surface area contributed by atoms with Gasteiger partial charge in [0.15, 0.2) is 0 Å². The average molecular weight is 456 g/mol. The van der Waals surface area contributed by atoms with Gasteiger partial charge in [-0.25, -0.2) is 0 Å². The number of hydrogen-bond donors (Lipinski definition) is 0. The van der Waals surface area contributed by atoms with E-state index in [4.69, 9.17) is 4.74 Å². The van der Waals surface area contributed by atoms with Crippen molar-refractivity contribution in [2.75, 3.05) is 4.43 Å². The van der Waals surface area contributed by atoms with Crippen LogP contribution in [0.5, 0.6) is 5.75 Å². The zero-order valence-corrected chi connectivity index (χ0v) is 14.4. The first kappa shape index (κ1) is 13.9. The second kappa shape index (κ2) is 6.08. The molecule has 1 aromatic carbocycles. The minimum atomic E-state index is 0.0779. The van der Waals surface area contributed by atoms with Crippen LogP contribution in [0.25, 0.3) is 0 Å². The van der Waals surface area contributed by atoms with Crippen LogP contribution in [0.2, 0.25) is 0 Å². The molecule has 0 spiro atoms. The van der Waals surface area contributed by atoms with E-state index >= 15 is 0 Å². The maximum atomic E-state index is 6.13. The summed E-state index contributed by atoms with van der Waals surface area (Å²) in [5.74, 6) is 1.02. The SMILES string of the molecule is CC1(Oc2ccc(C(I)CI)cc2)CCCC1. The van der Waals surface area contributed by atoms with Crippen molar-refractivity contribution in [2.45, 2.75) is 42.1 Å². The number of alkyl halides is 2. The summed E-state index contributed by atoms with van der Waals surface area (Å²) in [6, 6.07) is 8.64. The van der Waals surface area contributed by atoms with Gasteiger partial charge in [0.1, 0.15) is 11.4 Å². The van der Waals surface area contributed by atoms with Crippen LogP contribution in [0, 0.1) is 0 Å². The third-order valence-corrected chi connectivity index (χ3v) is 7.13. The standard InChI is InChI=1S/C14H18I2O/c1-14(8-2-3-9-14)17-12-6-4-11(5-7-12)13(16)10-15/h4-7,13H,2-3,8-10H2,1H3. The fourth-order valence-corrected chi connectivity index (χ4v) is 3.27. The van der Waals surface area contributed by atoms with E-state index in [0.717, 1.165) is 10.2 Å². The normalized spacial score (nSPS) is 20.2. The molecule has 1 saturated carbocycles. The molecule has 1 aromatic rings. The summed E-state index contributed by atoms with van der Waals surface area (Å²) < 4.78 is 7.88. The van der Waals surface area contributed by atoms with E-state index in [9.17, 15) is 0 Å². The van der Waals surface area contributed by atoms with E-state index in [-0.39, 0.29) is 5.60 Å². The van der Waals surface area contributed by atoms with Crippen molar-refractivity contribution in [1.82, 2.24) is 0 Å². The fourth-order valence-electron chi connectivity index (χ4n) is 2.34. The van der Waals surface area contributed by atoms with Crippen LogP contribution in [0.4, 0.5) is 0 Å². The molecular formula is C14H18I2O. The zero-order chi connectivity index (χ0) is 12.3. The quantitative estimate of drug-likeness (QED) is 0.441. The molecule has 1 unspecified atom stereocenters. The molecule has 1 atom stereocenters. The lowest BCUT2D eigenvalue weighted by Crippen LogP contribution is -2.27. The lowest BCUT2D eigenvalue weighted by molar-refractivity contribution is 0.0968. The van der Waals surface area contributed by atoms with Crippen LogP contribution in [0.3, 0.4) is 0 Å². The van der Waals surface area contributed by atoms with Crippen LogP contribution in [-0.2, 0) is 0 Å². The van der Waals surface area contributed by atoms with Gasteiger partial charge in [0.2, 0.25) is 0 Å². The van der Waals surface area contributed by atoms with E-state index in [1.54, 1.807) is 0 Å². The van der Waals surface area contributed by atoms with Crippen LogP contribution >= 0.6 is 45.2 Å². The van der Waals surface area contributed by atoms with Crippen LogP contribution in [-0.4, -0.2) is 10.0 Å². The molecule has 2 rings (SSSR count). The molecule has 0 heterocycles. The first-order valence-electron chi connectivity index (χ1n) is 6.12. The maximum absolute atomic E-state index is 6.13. The predicted octanol–water partition coefficient (Wildman–Crippen LogP) is 5.31. The number of hydrogen-bond acceptors (Lipinski definition) is 1. The van der Waals surface area contributed by atoms with Gasteiger partial charge in [0, 0.05) is 8.35 Å². The van der Waals surface area contributed by atoms with E-state index < -0.39 is 0 Å². The number of rotatable bonds is 4. The largest absolute Gasteiger partial charge is 0.488 e. The molecule has 0 saturated heterocycles. The molecule has 3 heteroatoms. The molecule has 17 heavy (non-hydrogen) atoms. The van der Waals surface area contributed by atoms with Crippen molar-refractivity contribution in [3.05, 3.63) is 29.8 Å². The smallest absolute Gasteiger partial charge is 0.120 e. The van der Waals surface area contributed by atoms with Gasteiger partial charge in [-0.15, -0.1) is 0 Å². The van der Waals surface area contributed by atoms with E-state index in [1.807, 2.05) is 0 Å². The summed E-state index contributed by atoms with van der Waals surface area (Å²) in [7, 11) is 0. The molecule has 0 N–H and O–H groups in total. The summed E-state index contributed by atoms with van der Waals surface area (Å²) in [6.07, 6.45) is 4.99. The lowest BCUT2D eigenvalue weighted by Gasteiger charge is -2.25. The molecule has 0 aliphatic heterocycles. The van der Waals surface area contributed by atoms with Gasteiger partial charge in [-0.05, 0) is 50.3 Å². The number of ether oxygens (including phenoxy) is 1. The van der Waals surface area contributed by atoms with Crippen molar-refractivity contribution in [3.8, 4) is 5.75 Å². The van der Waals surface area contributed by atoms with Gasteiger partial charge < -0.3 is 4.74 Å². The first-order chi connectivity index (χ1) is 8.13. The number of halogens is 2. The van der Waals surface area contributed by atoms with Gasteiger partial charge in [0.05, 0.1) is 0 Å². The Bertz CT molecular complexity index is 355. The highest BCUT2D eigenvalue weighted by molar-refractivity contribution is 14.1. The van der Waals surface area contributed by atoms with Gasteiger partial charge in [-0.3, -0.25) is 0 Å². The topological polar surface area (TPSA) is 9.23 Å². The Morgan fingerprint density at radius 3 is 2.35 bits per heavy atom. The fraction of sp³-hybridized carbons (Fsp3) is 0.571. The third-order valence-electron chi connectivity index (χ3n) is 3.40. The Morgan fingerprint density at radius 1 is 1.24 bits per heavy atom. The molecule has 0 amide bonds. The highest BCUT2D eigenvalue weighted by Crippen LogP contribution is 2.34. The Morgan fingerprint density at radius 2 is 1.82 bits per heavy atom. The molecule has 1 aliphatic rings. The van der Waals surface area contributed by atoms with Crippen molar-refractivity contribution in [2.24, 2.45) is 0 Å². The highest BCUT2D eigenvalue weighted by atomic mass is 127. The molecule has 1 fully saturated rings. The molecule has 1 nitrogen and oxygen atoms in total. The molecule has 1 aliphatic carbocycles. The molecule has 94 valence electrons. The highest BCUT2D eigenvalue weighted by Gasteiger charge is 2.30. The monoisotopic (exact) mass is 456 g/mol. The minimum Gasteiger partial charge on any atom is -0.488 e. The van der Waals surface area contributed by atoms with Gasteiger partial charge >= 0.3 is 0 Å². The molecule has 0 radical (unpaired) electrons. The van der Waals surface area contributed by atoms with Crippen molar-refractivity contribution in [1.29, 1.82) is 0 Å². The Hall–Kier alpha value is 0.480. The van der Waals surface area contributed by atoms with Crippen molar-refractivity contribution < 1.29 is 4.74 Å². The zero-order valence-electron chi connectivity index (χ0n) is 10.1. The van der Waals surface area contributed by atoms with Crippen LogP contribution < -0.4 is 4.74 Å². The molecule has 0 aromatic heterocycles. The van der Waals surface area contributed by atoms with Gasteiger partial charge in [0.25, 0.3) is 0 Å². The van der Waals surface area contributed by atoms with Crippen molar-refractivity contribution >= 4 is 45.2 Å². The molecule has 0 bridgehead atoms. The van der Waals surface area contributed by atoms with Gasteiger partial charge in [-0.2, -0.15) is 0 Å². The van der Waals surface area contributed by atoms with Crippen molar-refractivity contribution in [3.63, 3.8) is 0 Å². The third kappa shape index (κ3) is 3.72. The Balaban J connectivity index is 2.03. The average Bonchev–Trinajstić information content (AvgIpc) is 2.76. The van der Waals surface area contributed by atoms with E-state index in [0.29, 0.717) is 3.92 Å². The molecular weight excluding hydrogens is 438 g/mol. The summed E-state index contributed by atoms with van der Waals surface area (Å²) >= 11 is 4.92. The second-order valence-corrected chi connectivity index (χ2v) is 7.33. The van der Waals surface area contributed by atoms with Crippen LogP contribution in [0.1, 0.15) is 42.1 Å². The first-order valence-corrected chi connectivity index (χ1v) is 8.89. The van der Waals surface area contributed by atoms with Gasteiger partial charge in [-0.1, -0.05) is 57.3 Å². The Kier molecular flexibility index (Phi) is 4.97. The number of benzene rings is 1.